The van der Waals surface area contributed by atoms with E-state index < -0.39 is 0 Å². The van der Waals surface area contributed by atoms with Crippen LogP contribution in [0.15, 0.2) is 58.1 Å². The van der Waals surface area contributed by atoms with Crippen LogP contribution in [-0.4, -0.2) is 27.8 Å². The average Bonchev–Trinajstić information content (AvgIpc) is 3.27. The highest BCUT2D eigenvalue weighted by Crippen LogP contribution is 2.24. The van der Waals surface area contributed by atoms with Gasteiger partial charge in [0.2, 0.25) is 0 Å². The number of hydrogen-bond acceptors (Lipinski definition) is 4. The minimum Gasteiger partial charge on any atom is -0.459 e. The van der Waals surface area contributed by atoms with Gasteiger partial charge in [-0.15, -0.1) is 0 Å². The molecule has 0 unspecified atom stereocenters. The van der Waals surface area contributed by atoms with E-state index in [1.165, 1.54) is 0 Å². The molecule has 0 saturated heterocycles. The Labute approximate surface area is 175 Å². The first-order chi connectivity index (χ1) is 14.5. The van der Waals surface area contributed by atoms with E-state index >= 15 is 0 Å². The van der Waals surface area contributed by atoms with Gasteiger partial charge in [0.1, 0.15) is 11.3 Å². The number of aromatic nitrogens is 3. The molecule has 0 aliphatic carbocycles. The molecule has 0 fully saturated rings. The number of aliphatic imine (C=N–C) groups is 1. The highest BCUT2D eigenvalue weighted by atomic mass is 16.3. The summed E-state index contributed by atoms with van der Waals surface area (Å²) in [5.74, 6) is 2.43. The summed E-state index contributed by atoms with van der Waals surface area (Å²) in [7, 11) is 1.75. The van der Waals surface area contributed by atoms with Gasteiger partial charge in [-0.05, 0) is 44.5 Å². The number of aryl methyl sites for hydroxylation is 3. The van der Waals surface area contributed by atoms with E-state index in [1.807, 2.05) is 61.1 Å². The van der Waals surface area contributed by atoms with Gasteiger partial charge >= 0.3 is 0 Å². The third kappa shape index (κ3) is 4.05. The number of nitrogens with one attached hydrogen (secondary N) is 2. The molecule has 30 heavy (non-hydrogen) atoms. The zero-order chi connectivity index (χ0) is 21.1. The van der Waals surface area contributed by atoms with Gasteiger partial charge in [0.05, 0.1) is 12.2 Å². The summed E-state index contributed by atoms with van der Waals surface area (Å²) in [4.78, 5) is 8.84. The minimum absolute atomic E-state index is 0.565. The average molecular weight is 403 g/mol. The Bertz CT molecular complexity index is 1190. The molecule has 7 heteroatoms. The van der Waals surface area contributed by atoms with E-state index in [-0.39, 0.29) is 0 Å². The Kier molecular flexibility index (Phi) is 5.52. The molecule has 7 nitrogen and oxygen atoms in total. The molecule has 4 rings (SSSR count). The van der Waals surface area contributed by atoms with Gasteiger partial charge in [0, 0.05) is 36.4 Å². The third-order valence-electron chi connectivity index (χ3n) is 5.08. The lowest BCUT2D eigenvalue weighted by atomic mass is 10.1. The highest BCUT2D eigenvalue weighted by Gasteiger charge is 2.10. The number of hydrogen-bond donors (Lipinski definition) is 2. The summed E-state index contributed by atoms with van der Waals surface area (Å²) in [5.41, 5.74) is 5.16. The smallest absolute Gasteiger partial charge is 0.191 e. The van der Waals surface area contributed by atoms with Crippen molar-refractivity contribution >= 4 is 16.9 Å². The normalized spacial score (nSPS) is 11.8. The van der Waals surface area contributed by atoms with Crippen molar-refractivity contribution in [2.75, 3.05) is 7.05 Å². The molecule has 1 aromatic carbocycles. The molecule has 4 aromatic rings. The van der Waals surface area contributed by atoms with E-state index in [4.69, 9.17) is 4.42 Å². The van der Waals surface area contributed by atoms with E-state index in [9.17, 15) is 0 Å². The van der Waals surface area contributed by atoms with Crippen molar-refractivity contribution in [1.82, 2.24) is 25.4 Å². The van der Waals surface area contributed by atoms with Crippen molar-refractivity contribution in [3.63, 3.8) is 0 Å². The maximum absolute atomic E-state index is 5.96. The largest absolute Gasteiger partial charge is 0.459 e. The fraction of sp³-hybridized carbons (Fsp3) is 0.261. The Hall–Kier alpha value is -3.61. The predicted molar refractivity (Wildman–Crippen MR) is 119 cm³/mol. The predicted octanol–water partition coefficient (Wildman–Crippen LogP) is 3.80. The van der Waals surface area contributed by atoms with Crippen LogP contribution < -0.4 is 10.6 Å². The SMILES string of the molecule is CN=C(NCc1ccc(-n2nc(C)cc2C)nc1)NCc1oc2ccccc2c1C. The van der Waals surface area contributed by atoms with Crippen LogP contribution in [0.2, 0.25) is 0 Å². The van der Waals surface area contributed by atoms with Crippen LogP contribution in [0, 0.1) is 20.8 Å². The quantitative estimate of drug-likeness (QED) is 0.392. The zero-order valence-corrected chi connectivity index (χ0v) is 17.7. The second kappa shape index (κ2) is 8.41. The van der Waals surface area contributed by atoms with Crippen LogP contribution in [0.1, 0.15) is 28.3 Å². The van der Waals surface area contributed by atoms with Crippen molar-refractivity contribution in [2.45, 2.75) is 33.9 Å². The second-order valence-electron chi connectivity index (χ2n) is 7.29. The first-order valence-corrected chi connectivity index (χ1v) is 9.95. The van der Waals surface area contributed by atoms with Crippen LogP contribution in [0.4, 0.5) is 0 Å². The zero-order valence-electron chi connectivity index (χ0n) is 17.7. The van der Waals surface area contributed by atoms with Gasteiger partial charge < -0.3 is 15.1 Å². The van der Waals surface area contributed by atoms with Crippen LogP contribution in [0.5, 0.6) is 0 Å². The minimum atomic E-state index is 0.565. The number of furan rings is 1. The summed E-state index contributed by atoms with van der Waals surface area (Å²) >= 11 is 0. The number of benzene rings is 1. The van der Waals surface area contributed by atoms with Crippen LogP contribution in [0.3, 0.4) is 0 Å². The molecule has 3 aromatic heterocycles. The molecule has 3 heterocycles. The summed E-state index contributed by atoms with van der Waals surface area (Å²) < 4.78 is 7.81. The second-order valence-corrected chi connectivity index (χ2v) is 7.29. The molecule has 154 valence electrons. The number of rotatable bonds is 5. The van der Waals surface area contributed by atoms with Gasteiger partial charge in [0.25, 0.3) is 0 Å². The molecule has 0 atom stereocenters. The van der Waals surface area contributed by atoms with E-state index in [0.29, 0.717) is 19.0 Å². The number of pyridine rings is 1. The van der Waals surface area contributed by atoms with Crippen molar-refractivity contribution in [1.29, 1.82) is 0 Å². The Balaban J connectivity index is 1.36. The van der Waals surface area contributed by atoms with Gasteiger partial charge in [-0.1, -0.05) is 24.3 Å². The van der Waals surface area contributed by atoms with Gasteiger partial charge in [-0.25, -0.2) is 9.67 Å². The van der Waals surface area contributed by atoms with Crippen molar-refractivity contribution in [3.8, 4) is 5.82 Å². The summed E-state index contributed by atoms with van der Waals surface area (Å²) in [5, 5.41) is 12.3. The monoisotopic (exact) mass is 402 g/mol. The first-order valence-electron chi connectivity index (χ1n) is 9.95. The summed E-state index contributed by atoms with van der Waals surface area (Å²) in [6.07, 6.45) is 1.86. The maximum atomic E-state index is 5.96. The van der Waals surface area contributed by atoms with Gasteiger partial charge in [-0.3, -0.25) is 4.99 Å². The highest BCUT2D eigenvalue weighted by molar-refractivity contribution is 5.82. The van der Waals surface area contributed by atoms with Crippen molar-refractivity contribution in [3.05, 3.63) is 76.9 Å². The van der Waals surface area contributed by atoms with E-state index in [0.717, 1.165) is 45.1 Å². The molecular weight excluding hydrogens is 376 g/mol. The van der Waals surface area contributed by atoms with Crippen molar-refractivity contribution < 1.29 is 4.42 Å². The Morgan fingerprint density at radius 1 is 1.07 bits per heavy atom. The lowest BCUT2D eigenvalue weighted by Gasteiger charge is -2.11. The summed E-state index contributed by atoms with van der Waals surface area (Å²) in [6.45, 7) is 7.26. The fourth-order valence-corrected chi connectivity index (χ4v) is 3.47. The fourth-order valence-electron chi connectivity index (χ4n) is 3.47. The molecule has 0 aliphatic heterocycles. The molecule has 0 radical (unpaired) electrons. The topological polar surface area (TPSA) is 80.3 Å². The van der Waals surface area contributed by atoms with Crippen LogP contribution in [0.25, 0.3) is 16.8 Å². The molecule has 0 amide bonds. The van der Waals surface area contributed by atoms with E-state index in [2.05, 4.69) is 38.7 Å². The number of fused-ring (bicyclic) bond motifs is 1. The standard InChI is InChI=1S/C23H26N6O/c1-15-11-16(2)29(28-15)22-10-9-18(12-25-22)13-26-23(24-4)27-14-21-17(3)19-7-5-6-8-20(19)30-21/h5-12H,13-14H2,1-4H3,(H2,24,26,27). The number of nitrogens with zero attached hydrogens (tertiary/aromatic N) is 4. The molecule has 2 N–H and O–H groups in total. The van der Waals surface area contributed by atoms with E-state index in [1.54, 1.807) is 7.05 Å². The van der Waals surface area contributed by atoms with Crippen LogP contribution >= 0.6 is 0 Å². The lowest BCUT2D eigenvalue weighted by Crippen LogP contribution is -2.36. The Morgan fingerprint density at radius 2 is 1.87 bits per heavy atom. The first kappa shape index (κ1) is 19.7. The maximum Gasteiger partial charge on any atom is 0.191 e. The lowest BCUT2D eigenvalue weighted by molar-refractivity contribution is 0.534. The molecule has 0 bridgehead atoms. The molecule has 0 saturated carbocycles. The van der Waals surface area contributed by atoms with Gasteiger partial charge in [-0.2, -0.15) is 5.10 Å². The summed E-state index contributed by atoms with van der Waals surface area (Å²) in [6, 6.07) is 14.1. The molecule has 0 spiro atoms. The van der Waals surface area contributed by atoms with Gasteiger partial charge in [0.15, 0.2) is 11.8 Å². The molecule has 0 aliphatic rings. The molecular formula is C23H26N6O. The number of para-hydroxylation sites is 1. The van der Waals surface area contributed by atoms with Crippen LogP contribution in [-0.2, 0) is 13.1 Å². The number of guanidine groups is 1. The third-order valence-corrected chi connectivity index (χ3v) is 5.08. The Morgan fingerprint density at radius 3 is 2.53 bits per heavy atom. The van der Waals surface area contributed by atoms with Crippen molar-refractivity contribution in [2.24, 2.45) is 4.99 Å².